The number of fused-ring (bicyclic) bond motifs is 2. The van der Waals surface area contributed by atoms with E-state index in [9.17, 15) is 4.79 Å². The first-order valence-corrected chi connectivity index (χ1v) is 11.0. The Morgan fingerprint density at radius 1 is 1.06 bits per heavy atom. The second-order valence-electron chi connectivity index (χ2n) is 7.45. The summed E-state index contributed by atoms with van der Waals surface area (Å²) < 4.78 is 11.1. The van der Waals surface area contributed by atoms with Gasteiger partial charge >= 0.3 is 0 Å². The van der Waals surface area contributed by atoms with Crippen molar-refractivity contribution in [1.82, 2.24) is 9.88 Å². The number of aromatic nitrogens is 1. The second kappa shape index (κ2) is 8.04. The number of hydrogen-bond donors (Lipinski definition) is 0. The molecule has 1 atom stereocenters. The number of benzene rings is 2. The minimum atomic E-state index is -0.178. The topological polar surface area (TPSA) is 51.7 Å². The van der Waals surface area contributed by atoms with Gasteiger partial charge in [0.15, 0.2) is 11.5 Å². The predicted octanol–water partition coefficient (Wildman–Crippen LogP) is 5.10. The van der Waals surface area contributed by atoms with Crippen molar-refractivity contribution in [1.29, 1.82) is 0 Å². The number of rotatable bonds is 4. The van der Waals surface area contributed by atoms with E-state index in [1.807, 2.05) is 53.4 Å². The highest BCUT2D eigenvalue weighted by Crippen LogP contribution is 2.42. The van der Waals surface area contributed by atoms with Crippen molar-refractivity contribution in [2.75, 3.05) is 20.8 Å². The van der Waals surface area contributed by atoms with Crippen molar-refractivity contribution in [3.05, 3.63) is 87.7 Å². The first kappa shape index (κ1) is 19.6. The highest BCUT2D eigenvalue weighted by atomic mass is 32.1. The summed E-state index contributed by atoms with van der Waals surface area (Å²) in [5.74, 6) is 1.40. The van der Waals surface area contributed by atoms with Crippen LogP contribution in [0.2, 0.25) is 0 Å². The SMILES string of the molecule is COc1cc2c(cc1OC)C(c1cccs1)N(C(=O)c1ccnc3ccccc13)CC2. The summed E-state index contributed by atoms with van der Waals surface area (Å²) in [6.45, 7) is 0.626. The van der Waals surface area contributed by atoms with Crippen molar-refractivity contribution in [3.63, 3.8) is 0 Å². The first-order valence-electron chi connectivity index (χ1n) is 10.1. The molecule has 31 heavy (non-hydrogen) atoms. The Kier molecular flexibility index (Phi) is 5.08. The molecule has 1 aliphatic rings. The normalized spacial score (nSPS) is 15.5. The van der Waals surface area contributed by atoms with E-state index in [0.29, 0.717) is 23.6 Å². The van der Waals surface area contributed by atoms with E-state index >= 15 is 0 Å². The van der Waals surface area contributed by atoms with Gasteiger partial charge < -0.3 is 14.4 Å². The molecule has 3 heterocycles. The van der Waals surface area contributed by atoms with E-state index < -0.39 is 0 Å². The number of pyridine rings is 1. The average molecular weight is 431 g/mol. The van der Waals surface area contributed by atoms with Gasteiger partial charge in [0.05, 0.1) is 31.3 Å². The van der Waals surface area contributed by atoms with Crippen molar-refractivity contribution < 1.29 is 14.3 Å². The smallest absolute Gasteiger partial charge is 0.255 e. The third-order valence-corrected chi connectivity index (χ3v) is 6.75. The lowest BCUT2D eigenvalue weighted by atomic mass is 9.90. The summed E-state index contributed by atoms with van der Waals surface area (Å²) >= 11 is 1.66. The van der Waals surface area contributed by atoms with E-state index in [1.165, 1.54) is 5.56 Å². The standard InChI is InChI=1S/C25H22N2O3S/c1-29-21-14-16-10-12-27(24(23-8-5-13-31-23)19(16)15-22(21)30-2)25(28)18-9-11-26-20-7-4-3-6-17(18)20/h3-9,11,13-15,24H,10,12H2,1-2H3. The highest BCUT2D eigenvalue weighted by molar-refractivity contribution is 7.10. The fraction of sp³-hybridized carbons (Fsp3) is 0.200. The quantitative estimate of drug-likeness (QED) is 0.452. The lowest BCUT2D eigenvalue weighted by Gasteiger charge is -2.37. The summed E-state index contributed by atoms with van der Waals surface area (Å²) in [6.07, 6.45) is 2.47. The number of amides is 1. The number of methoxy groups -OCH3 is 2. The van der Waals surface area contributed by atoms with E-state index in [0.717, 1.165) is 27.8 Å². The molecule has 1 amide bonds. The van der Waals surface area contributed by atoms with E-state index in [-0.39, 0.29) is 11.9 Å². The fourth-order valence-electron chi connectivity index (χ4n) is 4.36. The van der Waals surface area contributed by atoms with Crippen LogP contribution in [0.5, 0.6) is 11.5 Å². The monoisotopic (exact) mass is 430 g/mol. The minimum Gasteiger partial charge on any atom is -0.493 e. The molecule has 4 aromatic rings. The molecule has 1 unspecified atom stereocenters. The molecule has 2 aromatic heterocycles. The molecule has 0 radical (unpaired) electrons. The van der Waals surface area contributed by atoms with Crippen LogP contribution in [0.4, 0.5) is 0 Å². The van der Waals surface area contributed by atoms with Gasteiger partial charge in [0.2, 0.25) is 0 Å². The van der Waals surface area contributed by atoms with Gasteiger partial charge in [-0.2, -0.15) is 0 Å². The molecule has 0 saturated heterocycles. The van der Waals surface area contributed by atoms with E-state index in [1.54, 1.807) is 31.8 Å². The van der Waals surface area contributed by atoms with Crippen LogP contribution in [0.15, 0.2) is 66.2 Å². The van der Waals surface area contributed by atoms with Gasteiger partial charge in [0.25, 0.3) is 5.91 Å². The molecule has 156 valence electrons. The Hall–Kier alpha value is -3.38. The zero-order chi connectivity index (χ0) is 21.4. The molecule has 5 rings (SSSR count). The van der Waals surface area contributed by atoms with E-state index in [2.05, 4.69) is 16.4 Å². The van der Waals surface area contributed by atoms with Crippen molar-refractivity contribution >= 4 is 28.1 Å². The zero-order valence-corrected chi connectivity index (χ0v) is 18.2. The number of para-hydroxylation sites is 1. The predicted molar refractivity (Wildman–Crippen MR) is 122 cm³/mol. The molecule has 0 aliphatic carbocycles. The Balaban J connectivity index is 1.65. The van der Waals surface area contributed by atoms with Crippen LogP contribution < -0.4 is 9.47 Å². The van der Waals surface area contributed by atoms with Gasteiger partial charge in [0, 0.05) is 23.0 Å². The van der Waals surface area contributed by atoms with Crippen LogP contribution in [0.3, 0.4) is 0 Å². The molecule has 0 N–H and O–H groups in total. The maximum absolute atomic E-state index is 13.9. The first-order chi connectivity index (χ1) is 15.2. The summed E-state index contributed by atoms with van der Waals surface area (Å²) in [6, 6.07) is 17.6. The van der Waals surface area contributed by atoms with Gasteiger partial charge in [0.1, 0.15) is 0 Å². The van der Waals surface area contributed by atoms with Crippen LogP contribution in [-0.2, 0) is 6.42 Å². The van der Waals surface area contributed by atoms with Crippen LogP contribution >= 0.6 is 11.3 Å². The van der Waals surface area contributed by atoms with Gasteiger partial charge in [-0.3, -0.25) is 9.78 Å². The largest absolute Gasteiger partial charge is 0.493 e. The number of carbonyl (C=O) groups is 1. The molecule has 0 fully saturated rings. The molecular formula is C25H22N2O3S. The van der Waals surface area contributed by atoms with Gasteiger partial charge in [-0.1, -0.05) is 24.3 Å². The Morgan fingerprint density at radius 3 is 2.65 bits per heavy atom. The maximum Gasteiger partial charge on any atom is 0.255 e. The van der Waals surface area contributed by atoms with Gasteiger partial charge in [-0.05, 0) is 53.3 Å². The summed E-state index contributed by atoms with van der Waals surface area (Å²) in [4.78, 5) is 21.4. The lowest BCUT2D eigenvalue weighted by molar-refractivity contribution is 0.0699. The molecule has 0 spiro atoms. The average Bonchev–Trinajstić information content (AvgIpc) is 3.36. The molecule has 2 aromatic carbocycles. The minimum absolute atomic E-state index is 0.0115. The maximum atomic E-state index is 13.9. The molecule has 0 bridgehead atoms. The van der Waals surface area contributed by atoms with E-state index in [4.69, 9.17) is 9.47 Å². The number of nitrogens with zero attached hydrogens (tertiary/aromatic N) is 2. The van der Waals surface area contributed by atoms with Crippen molar-refractivity contribution in [3.8, 4) is 11.5 Å². The Morgan fingerprint density at radius 2 is 1.87 bits per heavy atom. The number of thiophene rings is 1. The zero-order valence-electron chi connectivity index (χ0n) is 17.4. The lowest BCUT2D eigenvalue weighted by Crippen LogP contribution is -2.40. The Bertz CT molecular complexity index is 1250. The van der Waals surface area contributed by atoms with Crippen LogP contribution in [0.1, 0.15) is 32.4 Å². The third-order valence-electron chi connectivity index (χ3n) is 5.83. The summed E-state index contributed by atoms with van der Waals surface area (Å²) in [5.41, 5.74) is 3.76. The Labute approximate surface area is 184 Å². The summed E-state index contributed by atoms with van der Waals surface area (Å²) in [5, 5.41) is 2.92. The molecule has 1 aliphatic heterocycles. The number of ether oxygens (including phenoxy) is 2. The molecular weight excluding hydrogens is 408 g/mol. The number of hydrogen-bond acceptors (Lipinski definition) is 5. The van der Waals surface area contributed by atoms with Crippen molar-refractivity contribution in [2.24, 2.45) is 0 Å². The molecule has 5 nitrogen and oxygen atoms in total. The van der Waals surface area contributed by atoms with Gasteiger partial charge in [-0.25, -0.2) is 0 Å². The number of carbonyl (C=O) groups excluding carboxylic acids is 1. The molecule has 0 saturated carbocycles. The van der Waals surface area contributed by atoms with Crippen LogP contribution in [-0.4, -0.2) is 36.6 Å². The highest BCUT2D eigenvalue weighted by Gasteiger charge is 2.35. The summed E-state index contributed by atoms with van der Waals surface area (Å²) in [7, 11) is 3.29. The van der Waals surface area contributed by atoms with Crippen LogP contribution in [0.25, 0.3) is 10.9 Å². The third kappa shape index (κ3) is 3.33. The van der Waals surface area contributed by atoms with Crippen LogP contribution in [0, 0.1) is 0 Å². The second-order valence-corrected chi connectivity index (χ2v) is 8.43. The fourth-order valence-corrected chi connectivity index (χ4v) is 5.21. The molecule has 6 heteroatoms. The van der Waals surface area contributed by atoms with Gasteiger partial charge in [-0.15, -0.1) is 11.3 Å². The van der Waals surface area contributed by atoms with Crippen molar-refractivity contribution in [2.45, 2.75) is 12.5 Å².